The van der Waals surface area contributed by atoms with Gasteiger partial charge in [0.25, 0.3) is 5.56 Å². The lowest BCUT2D eigenvalue weighted by Crippen LogP contribution is -2.28. The van der Waals surface area contributed by atoms with E-state index in [0.29, 0.717) is 64.9 Å². The number of carbonyl (C=O) groups is 2. The Bertz CT molecular complexity index is 1490. The Labute approximate surface area is 255 Å². The standard InChI is InChI=1S/C31H39N3O8S/c1-5-7-9-27(30(37)40-6-2)43-31-33-22-18-26-25(41-19-42-26)17-21(22)29(36)34(31)15-8-10-28(35)32-14-13-20-11-12-23(38-3)24(16-20)39-4/h11-12,16-18,27H,5-10,13-15,19H2,1-4H3,(H,32,35)/t27-/m0/s1. The fraction of sp³-hybridized carbons (Fsp3) is 0.484. The normalized spacial score (nSPS) is 12.7. The van der Waals surface area contributed by atoms with Crippen LogP contribution in [0.25, 0.3) is 10.9 Å². The first kappa shape index (κ1) is 32.0. The molecule has 4 rings (SSSR count). The largest absolute Gasteiger partial charge is 0.493 e. The molecule has 2 heterocycles. The number of carbonyl (C=O) groups excluding carboxylic acids is 2. The second-order valence-electron chi connectivity index (χ2n) is 9.97. The molecule has 12 heteroatoms. The highest BCUT2D eigenvalue weighted by Crippen LogP contribution is 2.36. The third kappa shape index (κ3) is 8.13. The van der Waals surface area contributed by atoms with Crippen molar-refractivity contribution in [2.24, 2.45) is 0 Å². The van der Waals surface area contributed by atoms with E-state index >= 15 is 0 Å². The number of amides is 1. The number of nitrogens with zero attached hydrogens (tertiary/aromatic N) is 2. The Hall–Kier alpha value is -3.93. The molecule has 0 unspecified atom stereocenters. The van der Waals surface area contributed by atoms with Crippen LogP contribution in [0.4, 0.5) is 0 Å². The number of hydrogen-bond donors (Lipinski definition) is 1. The van der Waals surface area contributed by atoms with E-state index < -0.39 is 5.25 Å². The number of rotatable bonds is 16. The van der Waals surface area contributed by atoms with Crippen LogP contribution in [0.3, 0.4) is 0 Å². The summed E-state index contributed by atoms with van der Waals surface area (Å²) < 4.78 is 28.5. The molecule has 0 radical (unpaired) electrons. The monoisotopic (exact) mass is 613 g/mol. The lowest BCUT2D eigenvalue weighted by Gasteiger charge is -2.18. The van der Waals surface area contributed by atoms with Crippen molar-refractivity contribution in [3.63, 3.8) is 0 Å². The number of aromatic nitrogens is 2. The number of hydrogen-bond acceptors (Lipinski definition) is 10. The third-order valence-corrected chi connectivity index (χ3v) is 8.24. The average Bonchev–Trinajstić information content (AvgIpc) is 3.47. The van der Waals surface area contributed by atoms with Gasteiger partial charge in [0.1, 0.15) is 5.25 Å². The molecule has 3 aromatic rings. The summed E-state index contributed by atoms with van der Waals surface area (Å²) in [5.41, 5.74) is 1.20. The number of thioether (sulfide) groups is 1. The van der Waals surface area contributed by atoms with Gasteiger partial charge < -0.3 is 29.0 Å². The van der Waals surface area contributed by atoms with Crippen molar-refractivity contribution < 1.29 is 33.3 Å². The van der Waals surface area contributed by atoms with Crippen LogP contribution in [0.15, 0.2) is 40.3 Å². The first-order chi connectivity index (χ1) is 20.9. The van der Waals surface area contributed by atoms with Gasteiger partial charge in [-0.15, -0.1) is 0 Å². The highest BCUT2D eigenvalue weighted by atomic mass is 32.2. The number of fused-ring (bicyclic) bond motifs is 2. The summed E-state index contributed by atoms with van der Waals surface area (Å²) in [4.78, 5) is 43.9. The summed E-state index contributed by atoms with van der Waals surface area (Å²) in [6.45, 7) is 4.88. The summed E-state index contributed by atoms with van der Waals surface area (Å²) in [6, 6.07) is 8.98. The van der Waals surface area contributed by atoms with Gasteiger partial charge in [-0.1, -0.05) is 37.6 Å². The van der Waals surface area contributed by atoms with Gasteiger partial charge in [0, 0.05) is 25.6 Å². The predicted octanol–water partition coefficient (Wildman–Crippen LogP) is 4.50. The Morgan fingerprint density at radius 2 is 1.84 bits per heavy atom. The van der Waals surface area contributed by atoms with E-state index in [4.69, 9.17) is 28.7 Å². The van der Waals surface area contributed by atoms with Gasteiger partial charge >= 0.3 is 5.97 Å². The molecule has 43 heavy (non-hydrogen) atoms. The summed E-state index contributed by atoms with van der Waals surface area (Å²) >= 11 is 1.23. The Balaban J connectivity index is 1.47. The molecule has 1 atom stereocenters. The number of unbranched alkanes of at least 4 members (excludes halogenated alkanes) is 1. The fourth-order valence-electron chi connectivity index (χ4n) is 4.72. The van der Waals surface area contributed by atoms with Crippen molar-refractivity contribution >= 4 is 34.5 Å². The van der Waals surface area contributed by atoms with Crippen molar-refractivity contribution in [1.82, 2.24) is 14.9 Å². The molecule has 0 fully saturated rings. The van der Waals surface area contributed by atoms with Crippen molar-refractivity contribution in [1.29, 1.82) is 0 Å². The quantitative estimate of drug-likeness (QED) is 0.140. The smallest absolute Gasteiger partial charge is 0.319 e. The van der Waals surface area contributed by atoms with Crippen molar-refractivity contribution in [3.8, 4) is 23.0 Å². The molecule has 0 spiro atoms. The molecule has 232 valence electrons. The number of nitrogens with one attached hydrogen (secondary N) is 1. The lowest BCUT2D eigenvalue weighted by atomic mass is 10.1. The maximum absolute atomic E-state index is 13.7. The van der Waals surface area contributed by atoms with Gasteiger partial charge in [-0.05, 0) is 49.9 Å². The zero-order valence-electron chi connectivity index (χ0n) is 25.1. The van der Waals surface area contributed by atoms with Crippen molar-refractivity contribution in [3.05, 3.63) is 46.2 Å². The van der Waals surface area contributed by atoms with Gasteiger partial charge in [0.2, 0.25) is 12.7 Å². The van der Waals surface area contributed by atoms with Gasteiger partial charge in [-0.2, -0.15) is 0 Å². The summed E-state index contributed by atoms with van der Waals surface area (Å²) in [5.74, 6) is 1.84. The van der Waals surface area contributed by atoms with Gasteiger partial charge in [-0.3, -0.25) is 19.0 Å². The van der Waals surface area contributed by atoms with Crippen molar-refractivity contribution in [2.45, 2.75) is 69.3 Å². The van der Waals surface area contributed by atoms with Crippen molar-refractivity contribution in [2.75, 3.05) is 34.2 Å². The fourth-order valence-corrected chi connectivity index (χ4v) is 5.88. The van der Waals surface area contributed by atoms with Gasteiger partial charge in [0.05, 0.1) is 31.7 Å². The number of benzene rings is 2. The SMILES string of the molecule is CCCC[C@H](Sc1nc2cc3c(cc2c(=O)n1CCCC(=O)NCCc1ccc(OC)c(OC)c1)OCO3)C(=O)OCC. The lowest BCUT2D eigenvalue weighted by molar-refractivity contribution is -0.142. The molecule has 0 saturated carbocycles. The van der Waals surface area contributed by atoms with E-state index in [2.05, 4.69) is 12.2 Å². The first-order valence-electron chi connectivity index (χ1n) is 14.5. The highest BCUT2D eigenvalue weighted by molar-refractivity contribution is 8.00. The van der Waals surface area contributed by atoms with E-state index in [-0.39, 0.29) is 43.8 Å². The van der Waals surface area contributed by atoms with Crippen LogP contribution < -0.4 is 29.8 Å². The number of esters is 1. The molecule has 0 aliphatic carbocycles. The van der Waals surface area contributed by atoms with Crippen LogP contribution in [0.1, 0.15) is 51.5 Å². The van der Waals surface area contributed by atoms with E-state index in [1.165, 1.54) is 11.8 Å². The molecule has 1 aliphatic rings. The van der Waals surface area contributed by atoms with Gasteiger partial charge in [-0.25, -0.2) is 4.98 Å². The number of methoxy groups -OCH3 is 2. The third-order valence-electron chi connectivity index (χ3n) is 7.00. The maximum Gasteiger partial charge on any atom is 0.319 e. The molecular weight excluding hydrogens is 574 g/mol. The topological polar surface area (TPSA) is 127 Å². The molecule has 0 saturated heterocycles. The minimum atomic E-state index is -0.510. The molecule has 11 nitrogen and oxygen atoms in total. The minimum absolute atomic E-state index is 0.0739. The molecule has 1 amide bonds. The summed E-state index contributed by atoms with van der Waals surface area (Å²) in [7, 11) is 3.17. The summed E-state index contributed by atoms with van der Waals surface area (Å²) in [6.07, 6.45) is 3.60. The molecule has 2 aromatic carbocycles. The second-order valence-corrected chi connectivity index (χ2v) is 11.1. The van der Waals surface area contributed by atoms with Crippen LogP contribution in [0, 0.1) is 0 Å². The molecule has 1 aromatic heterocycles. The molecular formula is C31H39N3O8S. The minimum Gasteiger partial charge on any atom is -0.493 e. The van der Waals surface area contributed by atoms with E-state index in [0.717, 1.165) is 18.4 Å². The first-order valence-corrected chi connectivity index (χ1v) is 15.4. The van der Waals surface area contributed by atoms with Crippen LogP contribution in [0.2, 0.25) is 0 Å². The molecule has 1 aliphatic heterocycles. The molecule has 0 bridgehead atoms. The highest BCUT2D eigenvalue weighted by Gasteiger charge is 2.25. The summed E-state index contributed by atoms with van der Waals surface area (Å²) in [5, 5.41) is 3.22. The van der Waals surface area contributed by atoms with Crippen LogP contribution in [-0.2, 0) is 27.3 Å². The zero-order chi connectivity index (χ0) is 30.8. The molecule has 1 N–H and O–H groups in total. The Morgan fingerprint density at radius 1 is 1.07 bits per heavy atom. The zero-order valence-corrected chi connectivity index (χ0v) is 25.9. The Morgan fingerprint density at radius 3 is 2.56 bits per heavy atom. The van der Waals surface area contributed by atoms with Crippen LogP contribution in [-0.4, -0.2) is 60.8 Å². The van der Waals surface area contributed by atoms with Crippen LogP contribution >= 0.6 is 11.8 Å². The number of ether oxygens (including phenoxy) is 5. The van der Waals surface area contributed by atoms with Crippen LogP contribution in [0.5, 0.6) is 23.0 Å². The predicted molar refractivity (Wildman–Crippen MR) is 163 cm³/mol. The average molecular weight is 614 g/mol. The van der Waals surface area contributed by atoms with E-state index in [1.807, 2.05) is 18.2 Å². The Kier molecular flexibility index (Phi) is 11.5. The van der Waals surface area contributed by atoms with E-state index in [9.17, 15) is 14.4 Å². The van der Waals surface area contributed by atoms with Gasteiger partial charge in [0.15, 0.2) is 28.2 Å². The maximum atomic E-state index is 13.7. The van der Waals surface area contributed by atoms with E-state index in [1.54, 1.807) is 37.8 Å². The second kappa shape index (κ2) is 15.5.